The van der Waals surface area contributed by atoms with Gasteiger partial charge in [-0.1, -0.05) is 35.3 Å². The quantitative estimate of drug-likeness (QED) is 0.349. The van der Waals surface area contributed by atoms with Crippen LogP contribution in [0.2, 0.25) is 10.0 Å². The molecule has 4 aromatic rings. The zero-order valence-corrected chi connectivity index (χ0v) is 18.2. The van der Waals surface area contributed by atoms with E-state index in [0.717, 1.165) is 28.1 Å². The van der Waals surface area contributed by atoms with Gasteiger partial charge in [0.05, 0.1) is 15.7 Å². The zero-order valence-electron chi connectivity index (χ0n) is 16.6. The first-order valence-corrected chi connectivity index (χ1v) is 10.3. The first kappa shape index (κ1) is 21.0. The average molecular weight is 449 g/mol. The van der Waals surface area contributed by atoms with Crippen LogP contribution in [0.4, 0.5) is 11.5 Å². The number of pyridine rings is 1. The van der Waals surface area contributed by atoms with Crippen LogP contribution in [0.15, 0.2) is 73.3 Å². The van der Waals surface area contributed by atoms with Gasteiger partial charge in [-0.05, 0) is 60.5 Å². The molecule has 31 heavy (non-hydrogen) atoms. The van der Waals surface area contributed by atoms with E-state index in [9.17, 15) is 4.79 Å². The smallest absolute Gasteiger partial charge is 0.167 e. The van der Waals surface area contributed by atoms with E-state index in [1.165, 1.54) is 6.33 Å². The fourth-order valence-electron chi connectivity index (χ4n) is 3.16. The summed E-state index contributed by atoms with van der Waals surface area (Å²) < 4.78 is 0. The second kappa shape index (κ2) is 9.25. The highest BCUT2D eigenvalue weighted by molar-refractivity contribution is 6.42. The standard InChI is InChI=1S/C24H18Cl2N4O/c1-15-4-5-16(12-23(31)17-6-7-19(25)20(26)13-17)11-22(15)30-24-18(3-2-9-28-24)21-8-10-27-14-29-21/h2-11,13-14H,12H2,1H3,(H,28,30). The van der Waals surface area contributed by atoms with Gasteiger partial charge in [0.1, 0.15) is 12.1 Å². The Morgan fingerprint density at radius 2 is 1.84 bits per heavy atom. The van der Waals surface area contributed by atoms with Crippen LogP contribution in [0.5, 0.6) is 0 Å². The SMILES string of the molecule is Cc1ccc(CC(=O)c2ccc(Cl)c(Cl)c2)cc1Nc1ncccc1-c1ccncn1. The third kappa shape index (κ3) is 4.90. The summed E-state index contributed by atoms with van der Waals surface area (Å²) in [5.74, 6) is 0.644. The van der Waals surface area contributed by atoms with E-state index in [4.69, 9.17) is 23.2 Å². The van der Waals surface area contributed by atoms with Gasteiger partial charge in [-0.2, -0.15) is 0 Å². The number of aromatic nitrogens is 3. The van der Waals surface area contributed by atoms with Crippen molar-refractivity contribution >= 4 is 40.5 Å². The van der Waals surface area contributed by atoms with Crippen LogP contribution < -0.4 is 5.32 Å². The Balaban J connectivity index is 1.59. The minimum atomic E-state index is -0.0344. The lowest BCUT2D eigenvalue weighted by atomic mass is 10.0. The number of carbonyl (C=O) groups excluding carboxylic acids is 1. The molecule has 2 aromatic heterocycles. The first-order valence-electron chi connectivity index (χ1n) is 9.57. The van der Waals surface area contributed by atoms with E-state index < -0.39 is 0 Å². The van der Waals surface area contributed by atoms with Crippen molar-refractivity contribution in [2.45, 2.75) is 13.3 Å². The Labute approximate surface area is 190 Å². The number of hydrogen-bond donors (Lipinski definition) is 1. The van der Waals surface area contributed by atoms with Crippen molar-refractivity contribution in [3.05, 3.63) is 100 Å². The molecule has 0 unspecified atom stereocenters. The van der Waals surface area contributed by atoms with Gasteiger partial charge in [0, 0.05) is 35.6 Å². The van der Waals surface area contributed by atoms with Crippen molar-refractivity contribution in [2.24, 2.45) is 0 Å². The molecule has 0 fully saturated rings. The molecular formula is C24H18Cl2N4O. The lowest BCUT2D eigenvalue weighted by molar-refractivity contribution is 0.0993. The molecule has 0 aliphatic heterocycles. The molecule has 0 atom stereocenters. The predicted octanol–water partition coefficient (Wildman–Crippen LogP) is 6.32. The number of nitrogens with one attached hydrogen (secondary N) is 1. The number of nitrogens with zero attached hydrogens (tertiary/aromatic N) is 3. The Morgan fingerprint density at radius 1 is 0.968 bits per heavy atom. The van der Waals surface area contributed by atoms with Crippen LogP contribution in [-0.2, 0) is 6.42 Å². The third-order valence-electron chi connectivity index (χ3n) is 4.83. The molecule has 0 spiro atoms. The summed E-state index contributed by atoms with van der Waals surface area (Å²) in [6, 6.07) is 16.5. The molecular weight excluding hydrogens is 431 g/mol. The minimum absolute atomic E-state index is 0.0344. The minimum Gasteiger partial charge on any atom is -0.339 e. The highest BCUT2D eigenvalue weighted by Gasteiger charge is 2.12. The second-order valence-electron chi connectivity index (χ2n) is 7.00. The molecule has 1 N–H and O–H groups in total. The molecule has 0 radical (unpaired) electrons. The van der Waals surface area contributed by atoms with Crippen molar-refractivity contribution in [2.75, 3.05) is 5.32 Å². The number of hydrogen-bond acceptors (Lipinski definition) is 5. The lowest BCUT2D eigenvalue weighted by Crippen LogP contribution is -2.05. The van der Waals surface area contributed by atoms with Gasteiger partial charge in [-0.3, -0.25) is 4.79 Å². The average Bonchev–Trinajstić information content (AvgIpc) is 2.79. The number of aryl methyl sites for hydroxylation is 1. The first-order chi connectivity index (χ1) is 15.0. The van der Waals surface area contributed by atoms with Crippen LogP contribution in [0.25, 0.3) is 11.3 Å². The van der Waals surface area contributed by atoms with Crippen LogP contribution in [-0.4, -0.2) is 20.7 Å². The maximum absolute atomic E-state index is 12.7. The van der Waals surface area contributed by atoms with Gasteiger partial charge >= 0.3 is 0 Å². The van der Waals surface area contributed by atoms with E-state index in [1.54, 1.807) is 30.6 Å². The summed E-state index contributed by atoms with van der Waals surface area (Å²) in [5, 5.41) is 4.18. The lowest BCUT2D eigenvalue weighted by Gasteiger charge is -2.14. The fourth-order valence-corrected chi connectivity index (χ4v) is 3.46. The Hall–Kier alpha value is -3.28. The number of carbonyl (C=O) groups is 1. The normalized spacial score (nSPS) is 10.7. The summed E-state index contributed by atoms with van der Waals surface area (Å²) in [6.07, 6.45) is 5.17. The van der Waals surface area contributed by atoms with E-state index in [1.807, 2.05) is 43.3 Å². The topological polar surface area (TPSA) is 67.8 Å². The summed E-state index contributed by atoms with van der Waals surface area (Å²) in [5.41, 5.74) is 4.94. The van der Waals surface area contributed by atoms with Crippen molar-refractivity contribution in [3.63, 3.8) is 0 Å². The Bertz CT molecular complexity index is 1250. The molecule has 5 nitrogen and oxygen atoms in total. The summed E-state index contributed by atoms with van der Waals surface area (Å²) >= 11 is 12.0. The van der Waals surface area contributed by atoms with Gasteiger partial charge in [-0.25, -0.2) is 15.0 Å². The monoisotopic (exact) mass is 448 g/mol. The molecule has 0 saturated heterocycles. The zero-order chi connectivity index (χ0) is 21.8. The number of rotatable bonds is 6. The Morgan fingerprint density at radius 3 is 2.61 bits per heavy atom. The molecule has 0 amide bonds. The largest absolute Gasteiger partial charge is 0.339 e. The fraction of sp³-hybridized carbons (Fsp3) is 0.0833. The van der Waals surface area contributed by atoms with Crippen LogP contribution in [0.1, 0.15) is 21.5 Å². The van der Waals surface area contributed by atoms with E-state index >= 15 is 0 Å². The molecule has 0 aliphatic rings. The molecule has 0 bridgehead atoms. The molecule has 0 aliphatic carbocycles. The van der Waals surface area contributed by atoms with Gasteiger partial charge in [-0.15, -0.1) is 0 Å². The Kier molecular flexibility index (Phi) is 6.26. The summed E-state index contributed by atoms with van der Waals surface area (Å²) in [6.45, 7) is 2.00. The second-order valence-corrected chi connectivity index (χ2v) is 7.81. The van der Waals surface area contributed by atoms with E-state index in [0.29, 0.717) is 21.4 Å². The van der Waals surface area contributed by atoms with Gasteiger partial charge in [0.2, 0.25) is 0 Å². The van der Waals surface area contributed by atoms with Crippen molar-refractivity contribution in [1.82, 2.24) is 15.0 Å². The molecule has 2 heterocycles. The highest BCUT2D eigenvalue weighted by atomic mass is 35.5. The molecule has 0 saturated carbocycles. The number of anilines is 2. The highest BCUT2D eigenvalue weighted by Crippen LogP contribution is 2.29. The summed E-state index contributed by atoms with van der Waals surface area (Å²) in [4.78, 5) is 25.5. The van der Waals surface area contributed by atoms with Crippen LogP contribution in [0.3, 0.4) is 0 Å². The molecule has 4 rings (SSSR count). The molecule has 2 aromatic carbocycles. The molecule has 154 valence electrons. The maximum atomic E-state index is 12.7. The number of halogens is 2. The van der Waals surface area contributed by atoms with Crippen LogP contribution in [0, 0.1) is 6.92 Å². The van der Waals surface area contributed by atoms with E-state index in [-0.39, 0.29) is 12.2 Å². The van der Waals surface area contributed by atoms with Gasteiger partial charge < -0.3 is 5.32 Å². The van der Waals surface area contributed by atoms with Gasteiger partial charge in [0.25, 0.3) is 0 Å². The third-order valence-corrected chi connectivity index (χ3v) is 5.57. The number of benzene rings is 2. The van der Waals surface area contributed by atoms with Crippen molar-refractivity contribution < 1.29 is 4.79 Å². The number of ketones is 1. The predicted molar refractivity (Wildman–Crippen MR) is 124 cm³/mol. The maximum Gasteiger partial charge on any atom is 0.167 e. The van der Waals surface area contributed by atoms with Gasteiger partial charge in [0.15, 0.2) is 5.78 Å². The molecule has 7 heteroatoms. The number of Topliss-reactive ketones (excluding diaryl/α,β-unsaturated/α-hetero) is 1. The summed E-state index contributed by atoms with van der Waals surface area (Å²) in [7, 11) is 0. The van der Waals surface area contributed by atoms with Crippen molar-refractivity contribution in [3.8, 4) is 11.3 Å². The van der Waals surface area contributed by atoms with Crippen LogP contribution >= 0.6 is 23.2 Å². The van der Waals surface area contributed by atoms with E-state index in [2.05, 4.69) is 20.3 Å². The van der Waals surface area contributed by atoms with Crippen molar-refractivity contribution in [1.29, 1.82) is 0 Å².